The minimum atomic E-state index is -0.150. The number of hydrogen-bond donors (Lipinski definition) is 0. The van der Waals surface area contributed by atoms with E-state index in [1.54, 1.807) is 17.8 Å². The molecule has 2 heterocycles. The molecule has 2 aliphatic heterocycles. The Kier molecular flexibility index (Phi) is 4.91. The van der Waals surface area contributed by atoms with Gasteiger partial charge in [0.2, 0.25) is 0 Å². The highest BCUT2D eigenvalue weighted by Gasteiger charge is 2.31. The number of thiocarbonyl (C=S) groups is 1. The van der Waals surface area contributed by atoms with Gasteiger partial charge in [-0.3, -0.25) is 9.69 Å². The van der Waals surface area contributed by atoms with Gasteiger partial charge in [-0.2, -0.15) is 0 Å². The summed E-state index contributed by atoms with van der Waals surface area (Å²) in [5.41, 5.74) is 0. The molecule has 18 heavy (non-hydrogen) atoms. The van der Waals surface area contributed by atoms with E-state index < -0.39 is 0 Å². The Hall–Kier alpha value is -0.280. The highest BCUT2D eigenvalue weighted by atomic mass is 127. The van der Waals surface area contributed by atoms with E-state index >= 15 is 0 Å². The van der Waals surface area contributed by atoms with Gasteiger partial charge >= 0.3 is 0 Å². The Morgan fingerprint density at radius 1 is 1.56 bits per heavy atom. The van der Waals surface area contributed by atoms with Crippen LogP contribution in [0.1, 0.15) is 6.92 Å². The predicted octanol–water partition coefficient (Wildman–Crippen LogP) is 2.32. The Bertz CT molecular complexity index is 437. The van der Waals surface area contributed by atoms with Crippen molar-refractivity contribution in [3.05, 3.63) is 22.9 Å². The van der Waals surface area contributed by atoms with E-state index in [0.717, 1.165) is 16.8 Å². The van der Waals surface area contributed by atoms with E-state index in [1.165, 1.54) is 9.93 Å². The van der Waals surface area contributed by atoms with E-state index in [1.807, 2.05) is 13.0 Å². The molecule has 2 fully saturated rings. The molecule has 0 aromatic rings. The van der Waals surface area contributed by atoms with Gasteiger partial charge in [0.05, 0.1) is 9.58 Å². The SMILES string of the molecule is CCN1C(=O)/C(=C\C=C2\SCCN2CI)OC1=S. The van der Waals surface area contributed by atoms with Gasteiger partial charge < -0.3 is 9.64 Å². The van der Waals surface area contributed by atoms with Gasteiger partial charge in [-0.15, -0.1) is 11.8 Å². The van der Waals surface area contributed by atoms with Gasteiger partial charge in [0.1, 0.15) is 0 Å². The smallest absolute Gasteiger partial charge is 0.297 e. The third-order valence-electron chi connectivity index (χ3n) is 2.63. The van der Waals surface area contributed by atoms with Crippen LogP contribution in [0.4, 0.5) is 0 Å². The molecule has 1 amide bonds. The lowest BCUT2D eigenvalue weighted by Gasteiger charge is -2.13. The first-order valence-corrected chi connectivity index (χ1v) is 8.48. The number of carbonyl (C=O) groups is 1. The summed E-state index contributed by atoms with van der Waals surface area (Å²) >= 11 is 9.12. The highest BCUT2D eigenvalue weighted by Crippen LogP contribution is 2.28. The number of hydrogen-bond acceptors (Lipinski definition) is 5. The van der Waals surface area contributed by atoms with Crippen molar-refractivity contribution in [2.45, 2.75) is 6.92 Å². The Morgan fingerprint density at radius 2 is 2.33 bits per heavy atom. The van der Waals surface area contributed by atoms with Gasteiger partial charge in [0, 0.05) is 18.8 Å². The van der Waals surface area contributed by atoms with Gasteiger partial charge in [-0.25, -0.2) is 0 Å². The van der Waals surface area contributed by atoms with Crippen LogP contribution in [0.2, 0.25) is 0 Å². The summed E-state index contributed by atoms with van der Waals surface area (Å²) < 4.78 is 6.25. The first kappa shape index (κ1) is 14.1. The molecule has 0 N–H and O–H groups in total. The zero-order valence-corrected chi connectivity index (χ0v) is 13.7. The molecule has 2 rings (SSSR count). The van der Waals surface area contributed by atoms with Gasteiger partial charge in [0.25, 0.3) is 11.1 Å². The average molecular weight is 396 g/mol. The summed E-state index contributed by atoms with van der Waals surface area (Å²) in [6.45, 7) is 3.47. The number of nitrogens with zero attached hydrogens (tertiary/aromatic N) is 2. The third-order valence-corrected chi connectivity index (χ3v) is 4.84. The van der Waals surface area contributed by atoms with Crippen molar-refractivity contribution in [1.29, 1.82) is 0 Å². The quantitative estimate of drug-likeness (QED) is 0.241. The van der Waals surface area contributed by atoms with E-state index in [2.05, 4.69) is 27.5 Å². The molecule has 98 valence electrons. The molecule has 4 nitrogen and oxygen atoms in total. The molecule has 0 spiro atoms. The molecule has 0 bridgehead atoms. The molecular weight excluding hydrogens is 383 g/mol. The van der Waals surface area contributed by atoms with Crippen LogP contribution in [0.15, 0.2) is 22.9 Å². The fraction of sp³-hybridized carbons (Fsp3) is 0.455. The second kappa shape index (κ2) is 6.25. The molecule has 0 aromatic heterocycles. The normalized spacial score (nSPS) is 24.6. The molecule has 0 aromatic carbocycles. The Morgan fingerprint density at radius 3 is 2.94 bits per heavy atom. The molecule has 0 aliphatic carbocycles. The van der Waals surface area contributed by atoms with Crippen molar-refractivity contribution >= 4 is 57.7 Å². The number of allylic oxidation sites excluding steroid dienone is 2. The lowest BCUT2D eigenvalue weighted by Crippen LogP contribution is -2.27. The van der Waals surface area contributed by atoms with Crippen LogP contribution in [0.3, 0.4) is 0 Å². The second-order valence-electron chi connectivity index (χ2n) is 3.68. The van der Waals surface area contributed by atoms with E-state index in [4.69, 9.17) is 17.0 Å². The van der Waals surface area contributed by atoms with Crippen molar-refractivity contribution < 1.29 is 9.53 Å². The number of alkyl halides is 1. The predicted molar refractivity (Wildman–Crippen MR) is 85.3 cm³/mol. The summed E-state index contributed by atoms with van der Waals surface area (Å²) in [6.07, 6.45) is 3.66. The fourth-order valence-corrected chi connectivity index (χ4v) is 3.93. The van der Waals surface area contributed by atoms with Gasteiger partial charge in [-0.05, 0) is 31.3 Å². The molecule has 2 aliphatic rings. The molecule has 0 saturated carbocycles. The number of amides is 1. The molecule has 0 unspecified atom stereocenters. The lowest BCUT2D eigenvalue weighted by atomic mass is 10.4. The zero-order chi connectivity index (χ0) is 13.1. The number of thioether (sulfide) groups is 1. The topological polar surface area (TPSA) is 32.8 Å². The van der Waals surface area contributed by atoms with Crippen LogP contribution in [0, 0.1) is 0 Å². The van der Waals surface area contributed by atoms with Crippen LogP contribution in [0.5, 0.6) is 0 Å². The van der Waals surface area contributed by atoms with Crippen LogP contribution < -0.4 is 0 Å². The van der Waals surface area contributed by atoms with E-state index in [9.17, 15) is 4.79 Å². The molecule has 2 saturated heterocycles. The van der Waals surface area contributed by atoms with Crippen molar-refractivity contribution in [3.63, 3.8) is 0 Å². The maximum absolute atomic E-state index is 11.9. The van der Waals surface area contributed by atoms with E-state index in [0.29, 0.717) is 12.3 Å². The molecule has 7 heteroatoms. The largest absolute Gasteiger partial charge is 0.426 e. The summed E-state index contributed by atoms with van der Waals surface area (Å²) in [6, 6.07) is 0. The second-order valence-corrected chi connectivity index (χ2v) is 5.83. The number of likely N-dealkylation sites (N-methyl/N-ethyl adjacent to an activating group) is 1. The van der Waals surface area contributed by atoms with Crippen molar-refractivity contribution in [1.82, 2.24) is 9.80 Å². The van der Waals surface area contributed by atoms with E-state index in [-0.39, 0.29) is 11.1 Å². The summed E-state index contributed by atoms with van der Waals surface area (Å²) in [5, 5.41) is 1.42. The van der Waals surface area contributed by atoms with Crippen molar-refractivity contribution in [2.75, 3.05) is 23.4 Å². The third kappa shape index (κ3) is 2.83. The van der Waals surface area contributed by atoms with Crippen LogP contribution in [-0.4, -0.2) is 44.3 Å². The minimum absolute atomic E-state index is 0.150. The summed E-state index contributed by atoms with van der Waals surface area (Å²) in [4.78, 5) is 15.6. The van der Waals surface area contributed by atoms with Crippen LogP contribution in [0.25, 0.3) is 0 Å². The monoisotopic (exact) mass is 396 g/mol. The van der Waals surface area contributed by atoms with Gasteiger partial charge in [-0.1, -0.05) is 22.6 Å². The number of halogens is 1. The number of rotatable bonds is 3. The van der Waals surface area contributed by atoms with Gasteiger partial charge in [0.15, 0.2) is 5.76 Å². The molecule has 0 atom stereocenters. The number of carbonyl (C=O) groups excluding carboxylic acids is 1. The highest BCUT2D eigenvalue weighted by molar-refractivity contribution is 14.1. The van der Waals surface area contributed by atoms with Crippen molar-refractivity contribution in [3.8, 4) is 0 Å². The van der Waals surface area contributed by atoms with Crippen LogP contribution in [-0.2, 0) is 9.53 Å². The standard InChI is InChI=1S/C11H13IN2O2S2/c1-2-14-10(15)8(16-11(14)17)3-4-9-13(7-12)5-6-18-9/h3-4H,2,5-7H2,1H3/b8-3+,9-4+. The molecule has 0 radical (unpaired) electrons. The first-order chi connectivity index (χ1) is 8.67. The number of ether oxygens (including phenoxy) is 1. The molecular formula is C11H13IN2O2S2. The average Bonchev–Trinajstić information content (AvgIpc) is 2.91. The van der Waals surface area contributed by atoms with Crippen molar-refractivity contribution in [2.24, 2.45) is 0 Å². The van der Waals surface area contributed by atoms with Crippen LogP contribution >= 0.6 is 46.6 Å². The zero-order valence-electron chi connectivity index (χ0n) is 9.89. The Labute approximate surface area is 130 Å². The lowest BCUT2D eigenvalue weighted by molar-refractivity contribution is -0.122. The minimum Gasteiger partial charge on any atom is -0.426 e. The maximum atomic E-state index is 11.9. The maximum Gasteiger partial charge on any atom is 0.297 e. The fourth-order valence-electron chi connectivity index (χ4n) is 1.67. The summed E-state index contributed by atoms with van der Waals surface area (Å²) in [5.74, 6) is 1.25. The first-order valence-electron chi connectivity index (χ1n) is 5.56. The summed E-state index contributed by atoms with van der Waals surface area (Å²) in [7, 11) is 0. The Balaban J connectivity index is 2.13.